The highest BCUT2D eigenvalue weighted by atomic mass is 127. The summed E-state index contributed by atoms with van der Waals surface area (Å²) in [6.45, 7) is 5.26. The van der Waals surface area contributed by atoms with Gasteiger partial charge < -0.3 is 14.8 Å². The SMILES string of the molecule is COc1cc(CNc2ccc(C)c(C)c2)cc(I)c1OCc1ccc(Cl)cc1Cl. The van der Waals surface area contributed by atoms with Crippen molar-refractivity contribution in [3.63, 3.8) is 0 Å². The monoisotopic (exact) mass is 541 g/mol. The molecule has 0 saturated heterocycles. The third kappa shape index (κ3) is 5.71. The van der Waals surface area contributed by atoms with E-state index in [2.05, 4.69) is 66.0 Å². The predicted molar refractivity (Wildman–Crippen MR) is 130 cm³/mol. The van der Waals surface area contributed by atoms with Gasteiger partial charge >= 0.3 is 0 Å². The summed E-state index contributed by atoms with van der Waals surface area (Å²) < 4.78 is 12.6. The largest absolute Gasteiger partial charge is 0.493 e. The molecular formula is C23H22Cl2INO2. The molecule has 0 radical (unpaired) electrons. The zero-order valence-electron chi connectivity index (χ0n) is 16.5. The number of methoxy groups -OCH3 is 1. The van der Waals surface area contributed by atoms with E-state index in [1.165, 1.54) is 11.1 Å². The Labute approximate surface area is 195 Å². The van der Waals surface area contributed by atoms with Crippen molar-refractivity contribution >= 4 is 51.5 Å². The van der Waals surface area contributed by atoms with Crippen molar-refractivity contribution < 1.29 is 9.47 Å². The fourth-order valence-corrected chi connectivity index (χ4v) is 4.14. The molecule has 3 aromatic rings. The Kier molecular flexibility index (Phi) is 7.55. The highest BCUT2D eigenvalue weighted by molar-refractivity contribution is 14.1. The summed E-state index contributed by atoms with van der Waals surface area (Å²) in [4.78, 5) is 0. The van der Waals surface area contributed by atoms with Gasteiger partial charge in [-0.1, -0.05) is 35.3 Å². The van der Waals surface area contributed by atoms with Crippen molar-refractivity contribution in [2.24, 2.45) is 0 Å². The van der Waals surface area contributed by atoms with Crippen molar-refractivity contribution in [3.05, 3.63) is 84.4 Å². The van der Waals surface area contributed by atoms with Crippen LogP contribution in [0.4, 0.5) is 5.69 Å². The smallest absolute Gasteiger partial charge is 0.174 e. The second-order valence-electron chi connectivity index (χ2n) is 6.79. The van der Waals surface area contributed by atoms with E-state index >= 15 is 0 Å². The van der Waals surface area contributed by atoms with Crippen LogP contribution in [0.1, 0.15) is 22.3 Å². The van der Waals surface area contributed by atoms with Gasteiger partial charge in [0.25, 0.3) is 0 Å². The Morgan fingerprint density at radius 3 is 2.45 bits per heavy atom. The van der Waals surface area contributed by atoms with Crippen molar-refractivity contribution in [2.75, 3.05) is 12.4 Å². The van der Waals surface area contributed by atoms with E-state index in [0.29, 0.717) is 34.7 Å². The van der Waals surface area contributed by atoms with Crippen LogP contribution in [0, 0.1) is 17.4 Å². The van der Waals surface area contributed by atoms with Crippen LogP contribution < -0.4 is 14.8 Å². The molecule has 3 rings (SSSR count). The first-order valence-corrected chi connectivity index (χ1v) is 10.9. The van der Waals surface area contributed by atoms with E-state index in [9.17, 15) is 0 Å². The van der Waals surface area contributed by atoms with E-state index in [1.807, 2.05) is 12.1 Å². The van der Waals surface area contributed by atoms with Crippen LogP contribution in [0.15, 0.2) is 48.5 Å². The van der Waals surface area contributed by atoms with Gasteiger partial charge in [-0.15, -0.1) is 0 Å². The summed E-state index contributed by atoms with van der Waals surface area (Å²) in [6, 6.07) is 15.8. The quantitative estimate of drug-likeness (QED) is 0.316. The average molecular weight is 542 g/mol. The van der Waals surface area contributed by atoms with Gasteiger partial charge in [0.15, 0.2) is 11.5 Å². The van der Waals surface area contributed by atoms with Crippen LogP contribution in [0.5, 0.6) is 11.5 Å². The lowest BCUT2D eigenvalue weighted by Gasteiger charge is -2.16. The summed E-state index contributed by atoms with van der Waals surface area (Å²) in [5, 5.41) is 4.66. The number of aryl methyl sites for hydroxylation is 2. The molecule has 1 N–H and O–H groups in total. The molecule has 29 heavy (non-hydrogen) atoms. The van der Waals surface area contributed by atoms with E-state index in [4.69, 9.17) is 32.7 Å². The molecule has 0 spiro atoms. The number of nitrogens with one attached hydrogen (secondary N) is 1. The van der Waals surface area contributed by atoms with E-state index in [-0.39, 0.29) is 0 Å². The lowest BCUT2D eigenvalue weighted by atomic mass is 10.1. The Hall–Kier alpha value is -1.63. The summed E-state index contributed by atoms with van der Waals surface area (Å²) in [5.41, 5.74) is 5.64. The molecule has 0 atom stereocenters. The number of halogens is 3. The third-order valence-electron chi connectivity index (χ3n) is 4.68. The molecule has 3 aromatic carbocycles. The maximum Gasteiger partial charge on any atom is 0.174 e. The van der Waals surface area contributed by atoms with E-state index in [0.717, 1.165) is 20.4 Å². The highest BCUT2D eigenvalue weighted by Crippen LogP contribution is 2.35. The Morgan fingerprint density at radius 1 is 0.966 bits per heavy atom. The van der Waals surface area contributed by atoms with Gasteiger partial charge in [-0.2, -0.15) is 0 Å². The zero-order chi connectivity index (χ0) is 21.0. The second-order valence-corrected chi connectivity index (χ2v) is 8.79. The van der Waals surface area contributed by atoms with E-state index in [1.54, 1.807) is 19.2 Å². The fourth-order valence-electron chi connectivity index (χ4n) is 2.86. The van der Waals surface area contributed by atoms with Gasteiger partial charge in [-0.05, 0) is 89.5 Å². The number of benzene rings is 3. The van der Waals surface area contributed by atoms with Gasteiger partial charge in [0, 0.05) is 27.8 Å². The molecule has 0 bridgehead atoms. The molecule has 152 valence electrons. The van der Waals surface area contributed by atoms with Gasteiger partial charge in [-0.25, -0.2) is 0 Å². The summed E-state index contributed by atoms with van der Waals surface area (Å²) in [7, 11) is 1.65. The molecule has 3 nitrogen and oxygen atoms in total. The number of anilines is 1. The van der Waals surface area contributed by atoms with Crippen LogP contribution in [0.3, 0.4) is 0 Å². The van der Waals surface area contributed by atoms with Crippen LogP contribution in [-0.4, -0.2) is 7.11 Å². The molecule has 0 fully saturated rings. The molecule has 0 saturated carbocycles. The summed E-state index contributed by atoms with van der Waals surface area (Å²) >= 11 is 14.5. The summed E-state index contributed by atoms with van der Waals surface area (Å²) in [5.74, 6) is 1.40. The predicted octanol–water partition coefficient (Wildman–Crippen LogP) is 7.41. The molecular weight excluding hydrogens is 520 g/mol. The molecule has 0 aliphatic heterocycles. The van der Waals surface area contributed by atoms with Gasteiger partial charge in [0.1, 0.15) is 6.61 Å². The second kappa shape index (κ2) is 9.92. The number of rotatable bonds is 7. The van der Waals surface area contributed by atoms with E-state index < -0.39 is 0 Å². The molecule has 0 heterocycles. The first kappa shape index (κ1) is 22.1. The molecule has 0 aliphatic rings. The lowest BCUT2D eigenvalue weighted by Crippen LogP contribution is -2.04. The van der Waals surface area contributed by atoms with Crippen LogP contribution in [-0.2, 0) is 13.2 Å². The van der Waals surface area contributed by atoms with Crippen molar-refractivity contribution in [1.29, 1.82) is 0 Å². The molecule has 6 heteroatoms. The number of hydrogen-bond acceptors (Lipinski definition) is 3. The molecule has 0 amide bonds. The standard InChI is InChI=1S/C23H22Cl2INO2/c1-14-4-7-19(8-15(14)2)27-12-16-9-21(26)23(22(10-16)28-3)29-13-17-5-6-18(24)11-20(17)25/h4-11,27H,12-13H2,1-3H3. The summed E-state index contributed by atoms with van der Waals surface area (Å²) in [6.07, 6.45) is 0. The first-order valence-electron chi connectivity index (χ1n) is 9.11. The van der Waals surface area contributed by atoms with Gasteiger partial charge in [-0.3, -0.25) is 0 Å². The minimum absolute atomic E-state index is 0.336. The van der Waals surface area contributed by atoms with Crippen LogP contribution in [0.25, 0.3) is 0 Å². The topological polar surface area (TPSA) is 30.5 Å². The number of ether oxygens (including phenoxy) is 2. The Morgan fingerprint density at radius 2 is 1.76 bits per heavy atom. The lowest BCUT2D eigenvalue weighted by molar-refractivity contribution is 0.282. The van der Waals surface area contributed by atoms with Crippen LogP contribution >= 0.6 is 45.8 Å². The van der Waals surface area contributed by atoms with Crippen molar-refractivity contribution in [1.82, 2.24) is 0 Å². The third-order valence-corrected chi connectivity index (χ3v) is 6.07. The molecule has 0 aliphatic carbocycles. The van der Waals surface area contributed by atoms with Crippen molar-refractivity contribution in [3.8, 4) is 11.5 Å². The first-order chi connectivity index (χ1) is 13.9. The highest BCUT2D eigenvalue weighted by Gasteiger charge is 2.13. The molecule has 0 unspecified atom stereocenters. The van der Waals surface area contributed by atoms with Gasteiger partial charge in [0.05, 0.1) is 10.7 Å². The van der Waals surface area contributed by atoms with Gasteiger partial charge in [0.2, 0.25) is 0 Å². The van der Waals surface area contributed by atoms with Crippen molar-refractivity contribution in [2.45, 2.75) is 27.0 Å². The normalized spacial score (nSPS) is 10.7. The minimum atomic E-state index is 0.336. The average Bonchev–Trinajstić information content (AvgIpc) is 2.69. The number of hydrogen-bond donors (Lipinski definition) is 1. The Bertz CT molecular complexity index is 1020. The fraction of sp³-hybridized carbons (Fsp3) is 0.217. The minimum Gasteiger partial charge on any atom is -0.493 e. The Balaban J connectivity index is 1.73. The maximum absolute atomic E-state index is 6.25. The zero-order valence-corrected chi connectivity index (χ0v) is 20.2. The maximum atomic E-state index is 6.25. The molecule has 0 aromatic heterocycles. The van der Waals surface area contributed by atoms with Crippen LogP contribution in [0.2, 0.25) is 10.0 Å².